The van der Waals surface area contributed by atoms with Gasteiger partial charge in [0.1, 0.15) is 13.2 Å². The lowest BCUT2D eigenvalue weighted by atomic mass is 10.1. The van der Waals surface area contributed by atoms with Crippen molar-refractivity contribution >= 4 is 56.6 Å². The van der Waals surface area contributed by atoms with Crippen molar-refractivity contribution in [2.45, 2.75) is 20.5 Å². The molecule has 2 amide bonds. The number of amides is 2. The van der Waals surface area contributed by atoms with Gasteiger partial charge in [-0.1, -0.05) is 0 Å². The van der Waals surface area contributed by atoms with E-state index in [2.05, 4.69) is 15.9 Å². The minimum atomic E-state index is -0.660. The highest BCUT2D eigenvalue weighted by molar-refractivity contribution is 9.10. The molecule has 12 heteroatoms. The first-order valence-corrected chi connectivity index (χ1v) is 12.1. The fraction of sp³-hybridized carbons (Fsp3) is 0.261. The summed E-state index contributed by atoms with van der Waals surface area (Å²) in [6.07, 6.45) is 1.53. The van der Waals surface area contributed by atoms with E-state index in [0.29, 0.717) is 28.1 Å². The highest BCUT2D eigenvalue weighted by Crippen LogP contribution is 2.39. The molecule has 35 heavy (non-hydrogen) atoms. The molecule has 1 saturated heterocycles. The van der Waals surface area contributed by atoms with E-state index in [-0.39, 0.29) is 23.8 Å². The summed E-state index contributed by atoms with van der Waals surface area (Å²) in [4.78, 5) is 47.9. The van der Waals surface area contributed by atoms with Gasteiger partial charge in [0, 0.05) is 12.1 Å². The van der Waals surface area contributed by atoms with Crippen LogP contribution in [-0.4, -0.2) is 46.7 Å². The first-order chi connectivity index (χ1) is 16.7. The molecule has 3 rings (SSSR count). The quantitative estimate of drug-likeness (QED) is 0.171. The SMILES string of the molecule is CCOC(=O)CN1C(=O)S/C(=C/c2cc(Br)c(OCc3ccc([N+](=O)[O-])cc3)c(OCC)c2)C1=O. The van der Waals surface area contributed by atoms with Crippen molar-refractivity contribution in [3.05, 3.63) is 67.0 Å². The molecule has 184 valence electrons. The third-order valence-corrected chi connectivity index (χ3v) is 6.12. The normalized spacial score (nSPS) is 14.4. The number of nitro groups is 1. The van der Waals surface area contributed by atoms with Crippen LogP contribution < -0.4 is 9.47 Å². The second-order valence-electron chi connectivity index (χ2n) is 7.05. The van der Waals surface area contributed by atoms with Gasteiger partial charge < -0.3 is 14.2 Å². The van der Waals surface area contributed by atoms with Crippen LogP contribution in [0.3, 0.4) is 0 Å². The van der Waals surface area contributed by atoms with Crippen molar-refractivity contribution in [1.82, 2.24) is 4.90 Å². The van der Waals surface area contributed by atoms with E-state index in [4.69, 9.17) is 14.2 Å². The Balaban J connectivity index is 1.80. The van der Waals surface area contributed by atoms with Gasteiger partial charge in [-0.15, -0.1) is 0 Å². The fourth-order valence-electron chi connectivity index (χ4n) is 3.07. The van der Waals surface area contributed by atoms with Gasteiger partial charge in [-0.3, -0.25) is 29.4 Å². The maximum Gasteiger partial charge on any atom is 0.326 e. The zero-order chi connectivity index (χ0) is 25.5. The standard InChI is InChI=1S/C23H21BrN2O8S/c1-3-32-18-10-15(11-19-22(28)25(23(29)35-19)12-20(27)33-4-2)9-17(24)21(18)34-13-14-5-7-16(8-6-14)26(30)31/h5-11H,3-4,12-13H2,1-2H3/b19-11+. The second kappa shape index (κ2) is 11.8. The predicted molar refractivity (Wildman–Crippen MR) is 132 cm³/mol. The number of hydrogen-bond acceptors (Lipinski definition) is 9. The summed E-state index contributed by atoms with van der Waals surface area (Å²) in [5, 5.41) is 10.3. The van der Waals surface area contributed by atoms with Crippen molar-refractivity contribution in [3.63, 3.8) is 0 Å². The van der Waals surface area contributed by atoms with Crippen LogP contribution in [0.2, 0.25) is 0 Å². The van der Waals surface area contributed by atoms with E-state index in [0.717, 1.165) is 22.2 Å². The van der Waals surface area contributed by atoms with E-state index >= 15 is 0 Å². The summed E-state index contributed by atoms with van der Waals surface area (Å²) in [5.74, 6) is -0.425. The number of hydrogen-bond donors (Lipinski definition) is 0. The highest BCUT2D eigenvalue weighted by atomic mass is 79.9. The Labute approximate surface area is 213 Å². The molecule has 1 aliphatic heterocycles. The average Bonchev–Trinajstić information content (AvgIpc) is 3.06. The van der Waals surface area contributed by atoms with Crippen molar-refractivity contribution in [1.29, 1.82) is 0 Å². The maximum atomic E-state index is 12.6. The van der Waals surface area contributed by atoms with Crippen molar-refractivity contribution in [3.8, 4) is 11.5 Å². The van der Waals surface area contributed by atoms with Crippen LogP contribution in [0.25, 0.3) is 6.08 Å². The smallest absolute Gasteiger partial charge is 0.326 e. The largest absolute Gasteiger partial charge is 0.490 e. The Bertz CT molecular complexity index is 1180. The zero-order valence-electron chi connectivity index (χ0n) is 18.8. The molecule has 1 heterocycles. The molecule has 0 spiro atoms. The molecular weight excluding hydrogens is 544 g/mol. The molecule has 2 aromatic carbocycles. The third-order valence-electron chi connectivity index (χ3n) is 4.63. The van der Waals surface area contributed by atoms with Gasteiger partial charge in [0.15, 0.2) is 11.5 Å². The molecular formula is C23H21BrN2O8S. The molecule has 0 aromatic heterocycles. The average molecular weight is 565 g/mol. The summed E-state index contributed by atoms with van der Waals surface area (Å²) in [5.41, 5.74) is 1.29. The maximum absolute atomic E-state index is 12.6. The van der Waals surface area contributed by atoms with Gasteiger partial charge in [-0.05, 0) is 83.0 Å². The van der Waals surface area contributed by atoms with Crippen LogP contribution in [0, 0.1) is 10.1 Å². The van der Waals surface area contributed by atoms with E-state index in [1.165, 1.54) is 18.2 Å². The number of halogens is 1. The molecule has 2 aromatic rings. The van der Waals surface area contributed by atoms with E-state index in [1.807, 2.05) is 0 Å². The lowest BCUT2D eigenvalue weighted by molar-refractivity contribution is -0.384. The number of carbonyl (C=O) groups excluding carboxylic acids is 3. The topological polar surface area (TPSA) is 125 Å². The first-order valence-electron chi connectivity index (χ1n) is 10.5. The monoisotopic (exact) mass is 564 g/mol. The summed E-state index contributed by atoms with van der Waals surface area (Å²) in [6, 6.07) is 9.37. The lowest BCUT2D eigenvalue weighted by Crippen LogP contribution is -2.34. The molecule has 0 aliphatic carbocycles. The van der Waals surface area contributed by atoms with Gasteiger partial charge >= 0.3 is 5.97 Å². The molecule has 0 unspecified atom stereocenters. The van der Waals surface area contributed by atoms with Crippen LogP contribution in [-0.2, 0) is 20.9 Å². The van der Waals surface area contributed by atoms with E-state index in [9.17, 15) is 24.5 Å². The number of rotatable bonds is 10. The van der Waals surface area contributed by atoms with Crippen molar-refractivity contribution in [2.24, 2.45) is 0 Å². The lowest BCUT2D eigenvalue weighted by Gasteiger charge is -2.15. The number of esters is 1. The molecule has 0 N–H and O–H groups in total. The number of ether oxygens (including phenoxy) is 3. The Morgan fingerprint density at radius 3 is 2.49 bits per heavy atom. The molecule has 0 bridgehead atoms. The molecule has 1 fully saturated rings. The van der Waals surface area contributed by atoms with Crippen LogP contribution in [0.5, 0.6) is 11.5 Å². The number of thioether (sulfide) groups is 1. The summed E-state index contributed by atoms with van der Waals surface area (Å²) >= 11 is 4.19. The molecule has 0 saturated carbocycles. The summed E-state index contributed by atoms with van der Waals surface area (Å²) < 4.78 is 17.0. The van der Waals surface area contributed by atoms with Gasteiger partial charge in [0.25, 0.3) is 16.8 Å². The fourth-order valence-corrected chi connectivity index (χ4v) is 4.48. The Morgan fingerprint density at radius 1 is 1.14 bits per heavy atom. The molecule has 0 radical (unpaired) electrons. The van der Waals surface area contributed by atoms with Gasteiger partial charge in [0.05, 0.1) is 27.5 Å². The van der Waals surface area contributed by atoms with Gasteiger partial charge in [-0.2, -0.15) is 0 Å². The third kappa shape index (κ3) is 6.61. The highest BCUT2D eigenvalue weighted by Gasteiger charge is 2.36. The van der Waals surface area contributed by atoms with Gasteiger partial charge in [0.2, 0.25) is 0 Å². The van der Waals surface area contributed by atoms with E-state index in [1.54, 1.807) is 38.1 Å². The van der Waals surface area contributed by atoms with Crippen molar-refractivity contribution in [2.75, 3.05) is 19.8 Å². The summed E-state index contributed by atoms with van der Waals surface area (Å²) in [6.45, 7) is 3.64. The minimum absolute atomic E-state index is 0.0130. The molecule has 1 aliphatic rings. The Morgan fingerprint density at radius 2 is 1.86 bits per heavy atom. The zero-order valence-corrected chi connectivity index (χ0v) is 21.2. The number of imide groups is 1. The van der Waals surface area contributed by atoms with E-state index < -0.39 is 28.6 Å². The van der Waals surface area contributed by atoms with Crippen LogP contribution in [0.15, 0.2) is 45.8 Å². The Hall–Kier alpha value is -3.38. The molecule has 0 atom stereocenters. The number of carbonyl (C=O) groups is 3. The summed E-state index contributed by atoms with van der Waals surface area (Å²) in [7, 11) is 0. The number of non-ortho nitro benzene ring substituents is 1. The van der Waals surface area contributed by atoms with Crippen molar-refractivity contribution < 1.29 is 33.5 Å². The number of benzene rings is 2. The molecule has 10 nitrogen and oxygen atoms in total. The van der Waals surface area contributed by atoms with Crippen LogP contribution in [0.4, 0.5) is 10.5 Å². The number of nitro benzene ring substituents is 1. The van der Waals surface area contributed by atoms with Crippen LogP contribution >= 0.6 is 27.7 Å². The first kappa shape index (κ1) is 26.2. The second-order valence-corrected chi connectivity index (χ2v) is 8.90. The Kier molecular flexibility index (Phi) is 8.88. The minimum Gasteiger partial charge on any atom is -0.490 e. The van der Waals surface area contributed by atoms with Crippen LogP contribution in [0.1, 0.15) is 25.0 Å². The van der Waals surface area contributed by atoms with Gasteiger partial charge in [-0.25, -0.2) is 0 Å². The predicted octanol–water partition coefficient (Wildman–Crippen LogP) is 4.93. The number of nitrogens with zero attached hydrogens (tertiary/aromatic N) is 2.